The molecule has 1 unspecified atom stereocenters. The number of methoxy groups -OCH3 is 1. The highest BCUT2D eigenvalue weighted by Gasteiger charge is 2.15. The van der Waals surface area contributed by atoms with Gasteiger partial charge in [0.1, 0.15) is 0 Å². The fourth-order valence-corrected chi connectivity index (χ4v) is 2.37. The number of alkyl halides is 1. The van der Waals surface area contributed by atoms with Crippen LogP contribution in [0.1, 0.15) is 10.4 Å². The summed E-state index contributed by atoms with van der Waals surface area (Å²) < 4.78 is 5.84. The lowest BCUT2D eigenvalue weighted by Crippen LogP contribution is -2.39. The Hall–Kier alpha value is -0.100. The largest absolute Gasteiger partial charge is 0.383 e. The smallest absolute Gasteiger partial charge is 0.253 e. The first kappa shape index (κ1) is 15.0. The van der Waals surface area contributed by atoms with Crippen LogP contribution in [0.4, 0.5) is 0 Å². The highest BCUT2D eigenvalue weighted by molar-refractivity contribution is 9.10. The minimum absolute atomic E-state index is 0.0767. The van der Waals surface area contributed by atoms with Gasteiger partial charge in [-0.05, 0) is 18.2 Å². The van der Waals surface area contributed by atoms with Gasteiger partial charge in [-0.3, -0.25) is 4.79 Å². The number of hydrogen-bond acceptors (Lipinski definition) is 2. The van der Waals surface area contributed by atoms with Crippen LogP contribution in [0.25, 0.3) is 0 Å². The van der Waals surface area contributed by atoms with Crippen molar-refractivity contribution < 1.29 is 9.53 Å². The summed E-state index contributed by atoms with van der Waals surface area (Å²) in [5.74, 6) is -0.205. The van der Waals surface area contributed by atoms with Gasteiger partial charge >= 0.3 is 0 Å². The summed E-state index contributed by atoms with van der Waals surface area (Å²) in [5.41, 5.74) is 0.455. The molecule has 1 aromatic rings. The molecule has 0 spiro atoms. The SMILES string of the molecule is COCC(CBr)NC(=O)c1ccc(Br)cc1Cl. The quantitative estimate of drug-likeness (QED) is 0.791. The van der Waals surface area contributed by atoms with Crippen molar-refractivity contribution >= 4 is 49.4 Å². The summed E-state index contributed by atoms with van der Waals surface area (Å²) in [6.07, 6.45) is 0. The van der Waals surface area contributed by atoms with Crippen LogP contribution in [-0.4, -0.2) is 31.0 Å². The minimum atomic E-state index is -0.205. The third kappa shape index (κ3) is 4.58. The number of carbonyl (C=O) groups excluding carboxylic acids is 1. The third-order valence-electron chi connectivity index (χ3n) is 2.07. The number of amides is 1. The second-order valence-electron chi connectivity index (χ2n) is 3.40. The van der Waals surface area contributed by atoms with Crippen molar-refractivity contribution in [3.05, 3.63) is 33.3 Å². The van der Waals surface area contributed by atoms with Crippen LogP contribution in [0.15, 0.2) is 22.7 Å². The maximum Gasteiger partial charge on any atom is 0.253 e. The van der Waals surface area contributed by atoms with Gasteiger partial charge in [-0.15, -0.1) is 0 Å². The second-order valence-corrected chi connectivity index (χ2v) is 5.37. The van der Waals surface area contributed by atoms with Crippen molar-refractivity contribution in [2.24, 2.45) is 0 Å². The van der Waals surface area contributed by atoms with Crippen molar-refractivity contribution in [3.8, 4) is 0 Å². The molecule has 0 bridgehead atoms. The Balaban J connectivity index is 2.75. The van der Waals surface area contributed by atoms with Crippen LogP contribution in [0, 0.1) is 0 Å². The first-order valence-corrected chi connectivity index (χ1v) is 7.18. The predicted molar refractivity (Wildman–Crippen MR) is 76.1 cm³/mol. The van der Waals surface area contributed by atoms with Gasteiger partial charge in [-0.2, -0.15) is 0 Å². The number of benzene rings is 1. The van der Waals surface area contributed by atoms with Gasteiger partial charge in [0, 0.05) is 16.9 Å². The molecule has 1 rings (SSSR count). The van der Waals surface area contributed by atoms with Gasteiger partial charge in [0.25, 0.3) is 5.91 Å². The molecule has 0 saturated carbocycles. The summed E-state index contributed by atoms with van der Waals surface area (Å²) in [6.45, 7) is 0.450. The Morgan fingerprint density at radius 3 is 2.82 bits per heavy atom. The summed E-state index contributed by atoms with van der Waals surface area (Å²) >= 11 is 12.6. The van der Waals surface area contributed by atoms with Crippen LogP contribution in [-0.2, 0) is 4.74 Å². The van der Waals surface area contributed by atoms with E-state index in [4.69, 9.17) is 16.3 Å². The Bertz CT molecular complexity index is 401. The fraction of sp³-hybridized carbons (Fsp3) is 0.364. The van der Waals surface area contributed by atoms with Crippen LogP contribution in [0.5, 0.6) is 0 Å². The Morgan fingerprint density at radius 2 is 2.29 bits per heavy atom. The number of carbonyl (C=O) groups is 1. The van der Waals surface area contributed by atoms with Crippen molar-refractivity contribution in [3.63, 3.8) is 0 Å². The minimum Gasteiger partial charge on any atom is -0.383 e. The van der Waals surface area contributed by atoms with Gasteiger partial charge in [0.05, 0.1) is 23.2 Å². The topological polar surface area (TPSA) is 38.3 Å². The predicted octanol–water partition coefficient (Wildman–Crippen LogP) is 3.24. The monoisotopic (exact) mass is 383 g/mol. The summed E-state index contributed by atoms with van der Waals surface area (Å²) in [7, 11) is 1.59. The van der Waals surface area contributed by atoms with Crippen molar-refractivity contribution in [2.75, 3.05) is 19.0 Å². The fourth-order valence-electron chi connectivity index (χ4n) is 1.26. The average Bonchev–Trinajstić information content (AvgIpc) is 2.28. The van der Waals surface area contributed by atoms with Crippen molar-refractivity contribution in [1.29, 1.82) is 0 Å². The molecule has 0 heterocycles. The van der Waals surface area contributed by atoms with E-state index in [2.05, 4.69) is 37.2 Å². The highest BCUT2D eigenvalue weighted by atomic mass is 79.9. The molecule has 0 aliphatic rings. The molecule has 17 heavy (non-hydrogen) atoms. The summed E-state index contributed by atoms with van der Waals surface area (Å²) in [6, 6.07) is 5.07. The van der Waals surface area contributed by atoms with Gasteiger partial charge < -0.3 is 10.1 Å². The van der Waals surface area contributed by atoms with E-state index < -0.39 is 0 Å². The lowest BCUT2D eigenvalue weighted by Gasteiger charge is -2.15. The van der Waals surface area contributed by atoms with E-state index >= 15 is 0 Å². The van der Waals surface area contributed by atoms with Crippen LogP contribution in [0.2, 0.25) is 5.02 Å². The zero-order valence-corrected chi connectivity index (χ0v) is 13.1. The van der Waals surface area contributed by atoms with E-state index in [9.17, 15) is 4.79 Å². The van der Waals surface area contributed by atoms with Gasteiger partial charge in [0.15, 0.2) is 0 Å². The van der Waals surface area contributed by atoms with E-state index in [1.807, 2.05) is 0 Å². The first-order chi connectivity index (χ1) is 8.08. The molecule has 3 nitrogen and oxygen atoms in total. The Labute approximate surface area is 122 Å². The van der Waals surface area contributed by atoms with Gasteiger partial charge in [0.2, 0.25) is 0 Å². The van der Waals surface area contributed by atoms with Crippen LogP contribution < -0.4 is 5.32 Å². The molecular weight excluding hydrogens is 373 g/mol. The third-order valence-corrected chi connectivity index (χ3v) is 3.65. The van der Waals surface area contributed by atoms with Gasteiger partial charge in [-0.1, -0.05) is 43.5 Å². The Kier molecular flexibility index (Phi) is 6.48. The van der Waals surface area contributed by atoms with E-state index in [1.165, 1.54) is 0 Å². The molecule has 0 fully saturated rings. The molecule has 6 heteroatoms. The van der Waals surface area contributed by atoms with E-state index in [0.29, 0.717) is 22.5 Å². The average molecular weight is 385 g/mol. The molecule has 0 aromatic heterocycles. The number of halogens is 3. The van der Waals surface area contributed by atoms with Gasteiger partial charge in [-0.25, -0.2) is 0 Å². The maximum absolute atomic E-state index is 11.9. The second kappa shape index (κ2) is 7.36. The first-order valence-electron chi connectivity index (χ1n) is 4.89. The molecule has 1 amide bonds. The molecule has 0 aliphatic carbocycles. The van der Waals surface area contributed by atoms with Crippen molar-refractivity contribution in [1.82, 2.24) is 5.32 Å². The zero-order chi connectivity index (χ0) is 12.8. The molecule has 1 aromatic carbocycles. The molecule has 0 aliphatic heterocycles. The Morgan fingerprint density at radius 1 is 1.59 bits per heavy atom. The van der Waals surface area contributed by atoms with E-state index in [0.717, 1.165) is 4.47 Å². The number of nitrogens with one attached hydrogen (secondary N) is 1. The molecule has 0 radical (unpaired) electrons. The molecule has 1 atom stereocenters. The van der Waals surface area contributed by atoms with Crippen molar-refractivity contribution in [2.45, 2.75) is 6.04 Å². The van der Waals surface area contributed by atoms with Crippen LogP contribution in [0.3, 0.4) is 0 Å². The normalized spacial score (nSPS) is 12.2. The summed E-state index contributed by atoms with van der Waals surface area (Å²) in [4.78, 5) is 11.9. The maximum atomic E-state index is 11.9. The molecule has 0 saturated heterocycles. The lowest BCUT2D eigenvalue weighted by atomic mass is 10.2. The zero-order valence-electron chi connectivity index (χ0n) is 9.17. The number of rotatable bonds is 5. The molecule has 1 N–H and O–H groups in total. The molecule has 94 valence electrons. The van der Waals surface area contributed by atoms with E-state index in [1.54, 1.807) is 25.3 Å². The van der Waals surface area contributed by atoms with Crippen LogP contribution >= 0.6 is 43.5 Å². The highest BCUT2D eigenvalue weighted by Crippen LogP contribution is 2.21. The number of hydrogen-bond donors (Lipinski definition) is 1. The standard InChI is InChI=1S/C11H12Br2ClNO2/c1-17-6-8(5-12)15-11(16)9-3-2-7(13)4-10(9)14/h2-4,8H,5-6H2,1H3,(H,15,16). The van der Waals surface area contributed by atoms with E-state index in [-0.39, 0.29) is 11.9 Å². The number of ether oxygens (including phenoxy) is 1. The summed E-state index contributed by atoms with van der Waals surface area (Å²) in [5, 5.41) is 3.88. The lowest BCUT2D eigenvalue weighted by molar-refractivity contribution is 0.0908. The molecular formula is C11H12Br2ClNO2.